The number of halogens is 1. The first kappa shape index (κ1) is 14.5. The number of likely N-dealkylation sites (tertiary alicyclic amines) is 1. The molecule has 0 spiro atoms. The molecular weight excluding hydrogens is 308 g/mol. The van der Waals surface area contributed by atoms with E-state index in [4.69, 9.17) is 0 Å². The highest BCUT2D eigenvalue weighted by molar-refractivity contribution is 9.10. The van der Waals surface area contributed by atoms with Gasteiger partial charge >= 0.3 is 0 Å². The molecule has 2 rings (SSSR count). The van der Waals surface area contributed by atoms with Crippen LogP contribution in [0.5, 0.6) is 0 Å². The van der Waals surface area contributed by atoms with E-state index < -0.39 is 0 Å². The Balaban J connectivity index is 1.90. The lowest BCUT2D eigenvalue weighted by molar-refractivity contribution is -0.118. The highest BCUT2D eigenvalue weighted by atomic mass is 79.9. The lowest BCUT2D eigenvalue weighted by atomic mass is 10.1. The lowest BCUT2D eigenvalue weighted by Crippen LogP contribution is -2.42. The third-order valence-electron chi connectivity index (χ3n) is 3.25. The van der Waals surface area contributed by atoms with Gasteiger partial charge in [0.05, 0.1) is 18.3 Å². The van der Waals surface area contributed by atoms with Crippen LogP contribution in [0, 0.1) is 6.92 Å². The molecule has 0 aliphatic carbocycles. The highest BCUT2D eigenvalue weighted by Gasteiger charge is 2.19. The molecule has 1 aliphatic rings. The molecule has 0 saturated carbocycles. The van der Waals surface area contributed by atoms with Crippen molar-refractivity contribution in [3.05, 3.63) is 28.2 Å². The van der Waals surface area contributed by atoms with Crippen molar-refractivity contribution in [1.82, 2.24) is 4.90 Å². The van der Waals surface area contributed by atoms with Crippen LogP contribution in [-0.2, 0) is 4.79 Å². The van der Waals surface area contributed by atoms with E-state index in [0.29, 0.717) is 13.1 Å². The van der Waals surface area contributed by atoms with E-state index in [-0.39, 0.29) is 12.0 Å². The maximum atomic E-state index is 12.0. The lowest BCUT2D eigenvalue weighted by Gasteiger charge is -2.29. The van der Waals surface area contributed by atoms with Crippen molar-refractivity contribution in [2.75, 3.05) is 25.0 Å². The molecule has 0 unspecified atom stereocenters. The fraction of sp³-hybridized carbons (Fsp3) is 0.500. The molecule has 0 aromatic heterocycles. The van der Waals surface area contributed by atoms with Crippen LogP contribution in [0.1, 0.15) is 18.4 Å². The molecule has 0 radical (unpaired) electrons. The Morgan fingerprint density at radius 2 is 2.37 bits per heavy atom. The standard InChI is InChI=1S/C14H19BrN2O2/c1-10-4-5-13(12(15)7-10)16-14(19)9-17-6-2-3-11(18)8-17/h4-5,7,11,18H,2-3,6,8-9H2,1H3,(H,16,19)/t11-/m0/s1. The molecule has 19 heavy (non-hydrogen) atoms. The summed E-state index contributed by atoms with van der Waals surface area (Å²) in [5.74, 6) is -0.0429. The minimum atomic E-state index is -0.298. The van der Waals surface area contributed by atoms with E-state index in [1.807, 2.05) is 30.0 Å². The SMILES string of the molecule is Cc1ccc(NC(=O)CN2CCC[C@H](O)C2)c(Br)c1. The van der Waals surface area contributed by atoms with E-state index in [2.05, 4.69) is 21.2 Å². The third kappa shape index (κ3) is 4.30. The second-order valence-corrected chi connectivity index (χ2v) is 5.92. The molecule has 1 saturated heterocycles. The minimum Gasteiger partial charge on any atom is -0.392 e. The van der Waals surface area contributed by atoms with Gasteiger partial charge in [-0.15, -0.1) is 0 Å². The monoisotopic (exact) mass is 326 g/mol. The van der Waals surface area contributed by atoms with E-state index in [1.54, 1.807) is 0 Å². The van der Waals surface area contributed by atoms with E-state index in [1.165, 1.54) is 0 Å². The van der Waals surface area contributed by atoms with Gasteiger partial charge in [0.25, 0.3) is 0 Å². The van der Waals surface area contributed by atoms with Gasteiger partial charge in [-0.05, 0) is 59.9 Å². The summed E-state index contributed by atoms with van der Waals surface area (Å²) in [7, 11) is 0. The number of nitrogens with one attached hydrogen (secondary N) is 1. The van der Waals surface area contributed by atoms with Crippen LogP contribution in [0.4, 0.5) is 5.69 Å². The predicted molar refractivity (Wildman–Crippen MR) is 79.2 cm³/mol. The number of carbonyl (C=O) groups excluding carboxylic acids is 1. The molecule has 4 nitrogen and oxygen atoms in total. The molecule has 0 bridgehead atoms. The third-order valence-corrected chi connectivity index (χ3v) is 3.90. The van der Waals surface area contributed by atoms with E-state index in [9.17, 15) is 9.90 Å². The largest absolute Gasteiger partial charge is 0.392 e. The Kier molecular flexibility index (Phi) is 4.96. The molecule has 2 N–H and O–H groups in total. The zero-order chi connectivity index (χ0) is 13.8. The number of β-amino-alcohol motifs (C(OH)–C–C–N with tert-alkyl or cyclic N) is 1. The van der Waals surface area contributed by atoms with Crippen molar-refractivity contribution in [2.24, 2.45) is 0 Å². The zero-order valence-corrected chi connectivity index (χ0v) is 12.6. The maximum absolute atomic E-state index is 12.0. The van der Waals surface area contributed by atoms with Crippen LogP contribution in [0.2, 0.25) is 0 Å². The topological polar surface area (TPSA) is 52.6 Å². The van der Waals surface area contributed by atoms with Crippen molar-refractivity contribution in [2.45, 2.75) is 25.9 Å². The summed E-state index contributed by atoms with van der Waals surface area (Å²) in [5.41, 5.74) is 1.93. The van der Waals surface area contributed by atoms with Crippen molar-refractivity contribution >= 4 is 27.5 Å². The fourth-order valence-electron chi connectivity index (χ4n) is 2.29. The van der Waals surface area contributed by atoms with Gasteiger partial charge in [-0.2, -0.15) is 0 Å². The maximum Gasteiger partial charge on any atom is 0.238 e. The number of hydrogen-bond donors (Lipinski definition) is 2. The summed E-state index contributed by atoms with van der Waals surface area (Å²) in [6, 6.07) is 5.83. The van der Waals surface area contributed by atoms with Crippen LogP contribution in [-0.4, -0.2) is 41.7 Å². The van der Waals surface area contributed by atoms with E-state index in [0.717, 1.165) is 35.1 Å². The number of aliphatic hydroxyl groups is 1. The molecule has 104 valence electrons. The first-order valence-electron chi connectivity index (χ1n) is 6.51. The van der Waals surface area contributed by atoms with Crippen molar-refractivity contribution in [3.63, 3.8) is 0 Å². The van der Waals surface area contributed by atoms with Gasteiger partial charge in [0.2, 0.25) is 5.91 Å². The predicted octanol–water partition coefficient (Wildman–Crippen LogP) is 2.15. The minimum absolute atomic E-state index is 0.0429. The molecule has 1 aromatic rings. The summed E-state index contributed by atoms with van der Waals surface area (Å²) in [5, 5.41) is 12.5. The average Bonchev–Trinajstić information content (AvgIpc) is 2.33. The normalized spacial score (nSPS) is 20.3. The molecule has 1 atom stereocenters. The number of piperidine rings is 1. The smallest absolute Gasteiger partial charge is 0.238 e. The van der Waals surface area contributed by atoms with Gasteiger partial charge in [0.15, 0.2) is 0 Å². The van der Waals surface area contributed by atoms with Gasteiger partial charge in [-0.1, -0.05) is 6.07 Å². The number of amides is 1. The Morgan fingerprint density at radius 1 is 1.58 bits per heavy atom. The average molecular weight is 327 g/mol. The van der Waals surface area contributed by atoms with Crippen LogP contribution in [0.15, 0.2) is 22.7 Å². The van der Waals surface area contributed by atoms with Gasteiger partial charge in [-0.25, -0.2) is 0 Å². The summed E-state index contributed by atoms with van der Waals surface area (Å²) < 4.78 is 0.888. The van der Waals surface area contributed by atoms with Gasteiger partial charge in [0.1, 0.15) is 0 Å². The number of carbonyl (C=O) groups is 1. The summed E-state index contributed by atoms with van der Waals surface area (Å²) in [4.78, 5) is 14.0. The second-order valence-electron chi connectivity index (χ2n) is 5.06. The zero-order valence-electron chi connectivity index (χ0n) is 11.0. The molecule has 5 heteroatoms. The van der Waals surface area contributed by atoms with Crippen LogP contribution >= 0.6 is 15.9 Å². The first-order chi connectivity index (χ1) is 9.04. The number of rotatable bonds is 3. The van der Waals surface area contributed by atoms with Crippen LogP contribution < -0.4 is 5.32 Å². The molecule has 1 heterocycles. The molecule has 1 amide bonds. The summed E-state index contributed by atoms with van der Waals surface area (Å²) in [6.07, 6.45) is 1.48. The summed E-state index contributed by atoms with van der Waals surface area (Å²) >= 11 is 3.44. The highest BCUT2D eigenvalue weighted by Crippen LogP contribution is 2.23. The Labute approximate surface area is 121 Å². The second kappa shape index (κ2) is 6.50. The summed E-state index contributed by atoms with van der Waals surface area (Å²) in [6.45, 7) is 3.80. The molecule has 1 aliphatic heterocycles. The number of benzene rings is 1. The van der Waals surface area contributed by atoms with Gasteiger partial charge < -0.3 is 10.4 Å². The van der Waals surface area contributed by atoms with Gasteiger partial charge in [-0.3, -0.25) is 9.69 Å². The molecular formula is C14H19BrN2O2. The molecule has 1 fully saturated rings. The van der Waals surface area contributed by atoms with Crippen molar-refractivity contribution in [3.8, 4) is 0 Å². The number of anilines is 1. The van der Waals surface area contributed by atoms with Gasteiger partial charge in [0, 0.05) is 11.0 Å². The Morgan fingerprint density at radius 3 is 3.05 bits per heavy atom. The molecule has 1 aromatic carbocycles. The fourth-order valence-corrected chi connectivity index (χ4v) is 2.88. The Bertz CT molecular complexity index is 465. The van der Waals surface area contributed by atoms with Crippen molar-refractivity contribution < 1.29 is 9.90 Å². The first-order valence-corrected chi connectivity index (χ1v) is 7.30. The number of aliphatic hydroxyl groups excluding tert-OH is 1. The number of aryl methyl sites for hydroxylation is 1. The quantitative estimate of drug-likeness (QED) is 0.894. The number of nitrogens with zero attached hydrogens (tertiary/aromatic N) is 1. The van der Waals surface area contributed by atoms with E-state index >= 15 is 0 Å². The van der Waals surface area contributed by atoms with Crippen LogP contribution in [0.3, 0.4) is 0 Å². The van der Waals surface area contributed by atoms with Crippen LogP contribution in [0.25, 0.3) is 0 Å². The van der Waals surface area contributed by atoms with Crippen molar-refractivity contribution in [1.29, 1.82) is 0 Å². The Hall–Kier alpha value is -0.910. The number of hydrogen-bond acceptors (Lipinski definition) is 3.